The maximum Gasteiger partial charge on any atom is 0.401 e. The van der Waals surface area contributed by atoms with Gasteiger partial charge in [-0.25, -0.2) is 0 Å². The predicted molar refractivity (Wildman–Crippen MR) is 67.5 cm³/mol. The smallest absolute Gasteiger partial charge is 0.317 e. The normalized spacial score (nSPS) is 29.8. The molecule has 3 unspecified atom stereocenters. The summed E-state index contributed by atoms with van der Waals surface area (Å²) in [6, 6.07) is 0.364. The molecule has 2 nitrogen and oxygen atoms in total. The molecule has 5 heteroatoms. The SMILES string of the molecule is CCN(CC1CC(C)CCC1NC)CC(F)(F)F. The van der Waals surface area contributed by atoms with Crippen molar-refractivity contribution in [1.82, 2.24) is 10.2 Å². The quantitative estimate of drug-likeness (QED) is 0.823. The van der Waals surface area contributed by atoms with Crippen LogP contribution >= 0.6 is 0 Å². The molecule has 0 aromatic carbocycles. The summed E-state index contributed by atoms with van der Waals surface area (Å²) in [6.07, 6.45) is -0.815. The van der Waals surface area contributed by atoms with Crippen molar-refractivity contribution in [2.24, 2.45) is 11.8 Å². The third-order valence-electron chi connectivity index (χ3n) is 3.96. The van der Waals surface area contributed by atoms with Crippen LogP contribution in [0.2, 0.25) is 0 Å². The molecule has 0 heterocycles. The fourth-order valence-corrected chi connectivity index (χ4v) is 2.97. The second-order valence-corrected chi connectivity index (χ2v) is 5.52. The Kier molecular flexibility index (Phi) is 5.92. The highest BCUT2D eigenvalue weighted by atomic mass is 19.4. The number of halogens is 3. The fourth-order valence-electron chi connectivity index (χ4n) is 2.97. The predicted octanol–water partition coefficient (Wildman–Crippen LogP) is 2.89. The Balaban J connectivity index is 2.55. The van der Waals surface area contributed by atoms with E-state index in [0.717, 1.165) is 12.8 Å². The van der Waals surface area contributed by atoms with Gasteiger partial charge in [-0.2, -0.15) is 13.2 Å². The van der Waals surface area contributed by atoms with Crippen LogP contribution in [0.25, 0.3) is 0 Å². The second-order valence-electron chi connectivity index (χ2n) is 5.52. The van der Waals surface area contributed by atoms with E-state index in [1.165, 1.54) is 11.3 Å². The van der Waals surface area contributed by atoms with Crippen molar-refractivity contribution >= 4 is 0 Å². The zero-order valence-electron chi connectivity index (χ0n) is 11.6. The first kappa shape index (κ1) is 15.8. The van der Waals surface area contributed by atoms with Crippen LogP contribution < -0.4 is 5.32 Å². The summed E-state index contributed by atoms with van der Waals surface area (Å²) < 4.78 is 37.3. The summed E-state index contributed by atoms with van der Waals surface area (Å²) >= 11 is 0. The lowest BCUT2D eigenvalue weighted by Crippen LogP contribution is -2.46. The van der Waals surface area contributed by atoms with Crippen molar-refractivity contribution < 1.29 is 13.2 Å². The van der Waals surface area contributed by atoms with Crippen molar-refractivity contribution in [2.45, 2.75) is 45.3 Å². The summed E-state index contributed by atoms with van der Waals surface area (Å²) in [6.45, 7) is 4.21. The van der Waals surface area contributed by atoms with Gasteiger partial charge in [-0.1, -0.05) is 13.8 Å². The summed E-state index contributed by atoms with van der Waals surface area (Å²) in [7, 11) is 1.91. The first-order valence-electron chi connectivity index (χ1n) is 6.82. The molecule has 1 saturated carbocycles. The molecule has 0 aromatic rings. The van der Waals surface area contributed by atoms with Gasteiger partial charge in [0.2, 0.25) is 0 Å². The summed E-state index contributed by atoms with van der Waals surface area (Å²) in [5.74, 6) is 0.963. The molecule has 0 bridgehead atoms. The van der Waals surface area contributed by atoms with Gasteiger partial charge >= 0.3 is 6.18 Å². The molecule has 1 aliphatic carbocycles. The Bertz CT molecular complexity index is 243. The fraction of sp³-hybridized carbons (Fsp3) is 1.00. The zero-order chi connectivity index (χ0) is 13.8. The molecule has 0 amide bonds. The summed E-state index contributed by atoms with van der Waals surface area (Å²) in [4.78, 5) is 1.52. The minimum Gasteiger partial charge on any atom is -0.317 e. The average Bonchev–Trinajstić information content (AvgIpc) is 2.26. The number of hydrogen-bond acceptors (Lipinski definition) is 2. The Morgan fingerprint density at radius 3 is 2.44 bits per heavy atom. The molecule has 0 aromatic heterocycles. The van der Waals surface area contributed by atoms with Crippen LogP contribution in [0.3, 0.4) is 0 Å². The molecule has 1 N–H and O–H groups in total. The van der Waals surface area contributed by atoms with Gasteiger partial charge in [-0.3, -0.25) is 4.90 Å². The molecule has 0 aliphatic heterocycles. The van der Waals surface area contributed by atoms with Gasteiger partial charge in [0.25, 0.3) is 0 Å². The van der Waals surface area contributed by atoms with Crippen LogP contribution in [0.1, 0.15) is 33.1 Å². The molecule has 0 spiro atoms. The van der Waals surface area contributed by atoms with E-state index in [1.54, 1.807) is 6.92 Å². The third-order valence-corrected chi connectivity index (χ3v) is 3.96. The van der Waals surface area contributed by atoms with E-state index in [4.69, 9.17) is 0 Å². The van der Waals surface area contributed by atoms with E-state index in [2.05, 4.69) is 12.2 Å². The number of rotatable bonds is 5. The molecule has 18 heavy (non-hydrogen) atoms. The monoisotopic (exact) mass is 266 g/mol. The van der Waals surface area contributed by atoms with Gasteiger partial charge in [0.1, 0.15) is 0 Å². The molecular formula is C13H25F3N2. The molecule has 1 fully saturated rings. The van der Waals surface area contributed by atoms with Crippen molar-refractivity contribution in [3.63, 3.8) is 0 Å². The number of nitrogens with zero attached hydrogens (tertiary/aromatic N) is 1. The molecular weight excluding hydrogens is 241 g/mol. The third kappa shape index (κ3) is 5.14. The summed E-state index contributed by atoms with van der Waals surface area (Å²) in [5, 5.41) is 3.26. The van der Waals surface area contributed by atoms with E-state index in [0.29, 0.717) is 31.0 Å². The summed E-state index contributed by atoms with van der Waals surface area (Å²) in [5.41, 5.74) is 0. The maximum atomic E-state index is 12.4. The molecule has 0 saturated heterocycles. The van der Waals surface area contributed by atoms with E-state index in [1.807, 2.05) is 7.05 Å². The van der Waals surface area contributed by atoms with E-state index in [-0.39, 0.29) is 0 Å². The minimum atomic E-state index is -4.09. The van der Waals surface area contributed by atoms with Crippen LogP contribution in [0.5, 0.6) is 0 Å². The van der Waals surface area contributed by atoms with Gasteiger partial charge in [0.15, 0.2) is 0 Å². The van der Waals surface area contributed by atoms with Gasteiger partial charge < -0.3 is 5.32 Å². The number of alkyl halides is 3. The first-order chi connectivity index (χ1) is 8.35. The van der Waals surface area contributed by atoms with Crippen LogP contribution in [0.4, 0.5) is 13.2 Å². The molecule has 0 radical (unpaired) electrons. The van der Waals surface area contributed by atoms with E-state index in [9.17, 15) is 13.2 Å². The van der Waals surface area contributed by atoms with Crippen molar-refractivity contribution in [3.8, 4) is 0 Å². The van der Waals surface area contributed by atoms with Crippen molar-refractivity contribution in [1.29, 1.82) is 0 Å². The Hall–Kier alpha value is -0.290. The van der Waals surface area contributed by atoms with Crippen LogP contribution in [0.15, 0.2) is 0 Å². The highest BCUT2D eigenvalue weighted by molar-refractivity contribution is 4.85. The van der Waals surface area contributed by atoms with Gasteiger partial charge in [-0.15, -0.1) is 0 Å². The van der Waals surface area contributed by atoms with Crippen LogP contribution in [-0.2, 0) is 0 Å². The molecule has 3 atom stereocenters. The minimum absolute atomic E-state index is 0.334. The lowest BCUT2D eigenvalue weighted by molar-refractivity contribution is -0.147. The largest absolute Gasteiger partial charge is 0.401 e. The van der Waals surface area contributed by atoms with E-state index >= 15 is 0 Å². The van der Waals surface area contributed by atoms with Crippen molar-refractivity contribution in [2.75, 3.05) is 26.7 Å². The Morgan fingerprint density at radius 1 is 1.28 bits per heavy atom. The van der Waals surface area contributed by atoms with E-state index < -0.39 is 12.7 Å². The number of hydrogen-bond donors (Lipinski definition) is 1. The van der Waals surface area contributed by atoms with Crippen molar-refractivity contribution in [3.05, 3.63) is 0 Å². The van der Waals surface area contributed by atoms with Crippen LogP contribution in [-0.4, -0.2) is 43.8 Å². The highest BCUT2D eigenvalue weighted by Gasteiger charge is 2.34. The van der Waals surface area contributed by atoms with Gasteiger partial charge in [0, 0.05) is 12.6 Å². The molecule has 108 valence electrons. The first-order valence-corrected chi connectivity index (χ1v) is 6.82. The maximum absolute atomic E-state index is 12.4. The number of nitrogens with one attached hydrogen (secondary N) is 1. The topological polar surface area (TPSA) is 15.3 Å². The lowest BCUT2D eigenvalue weighted by atomic mass is 9.78. The van der Waals surface area contributed by atoms with Crippen LogP contribution in [0, 0.1) is 11.8 Å². The lowest BCUT2D eigenvalue weighted by Gasteiger charge is -2.37. The van der Waals surface area contributed by atoms with Gasteiger partial charge in [0.05, 0.1) is 6.54 Å². The molecule has 1 aliphatic rings. The second kappa shape index (κ2) is 6.75. The zero-order valence-corrected chi connectivity index (χ0v) is 11.6. The molecule has 1 rings (SSSR count). The highest BCUT2D eigenvalue weighted by Crippen LogP contribution is 2.30. The standard InChI is InChI=1S/C13H25F3N2/c1-4-18(9-13(14,15)16)8-11-7-10(2)5-6-12(11)17-3/h10-12,17H,4-9H2,1-3H3. The van der Waals surface area contributed by atoms with Gasteiger partial charge in [-0.05, 0) is 44.7 Å². The average molecular weight is 266 g/mol. The Labute approximate surface area is 108 Å². The Morgan fingerprint density at radius 2 is 1.94 bits per heavy atom.